The molecule has 0 unspecified atom stereocenters. The number of pyridine rings is 1. The Morgan fingerprint density at radius 2 is 2.10 bits per heavy atom. The van der Waals surface area contributed by atoms with Crippen LogP contribution >= 0.6 is 0 Å². The van der Waals surface area contributed by atoms with Gasteiger partial charge in [0.2, 0.25) is 17.7 Å². The van der Waals surface area contributed by atoms with Crippen molar-refractivity contribution in [3.05, 3.63) is 65.8 Å². The van der Waals surface area contributed by atoms with E-state index in [0.29, 0.717) is 29.8 Å². The van der Waals surface area contributed by atoms with E-state index in [2.05, 4.69) is 15.2 Å². The van der Waals surface area contributed by atoms with E-state index in [1.165, 1.54) is 18.3 Å². The number of benzene rings is 1. The van der Waals surface area contributed by atoms with Gasteiger partial charge < -0.3 is 14.1 Å². The molecule has 3 heterocycles. The van der Waals surface area contributed by atoms with Crippen molar-refractivity contribution in [2.75, 3.05) is 6.54 Å². The zero-order chi connectivity index (χ0) is 20.0. The minimum atomic E-state index is -0.513. The van der Waals surface area contributed by atoms with Gasteiger partial charge in [-0.1, -0.05) is 12.1 Å². The van der Waals surface area contributed by atoms with Crippen LogP contribution in [-0.4, -0.2) is 32.5 Å². The molecule has 1 aromatic carbocycles. The fraction of sp³-hybridized carbons (Fsp3) is 0.333. The van der Waals surface area contributed by atoms with Crippen LogP contribution in [0.2, 0.25) is 0 Å². The molecule has 1 saturated carbocycles. The first-order valence-electron chi connectivity index (χ1n) is 9.59. The standard InChI is InChI=1S/C21H19FN4O3/c1-13-24-25-20(28-13)21-10-8-15(21)9-11-26(21)19(27)14-6-7-18(23-12-14)29-17-5-3-2-4-16(17)22/h2-7,12,15H,8-11H2,1H3/t15-,21-/m0/s1. The second-order valence-corrected chi connectivity index (χ2v) is 7.45. The minimum absolute atomic E-state index is 0.0849. The highest BCUT2D eigenvalue weighted by atomic mass is 19.1. The third kappa shape index (κ3) is 2.78. The zero-order valence-electron chi connectivity index (χ0n) is 15.8. The first kappa shape index (κ1) is 17.8. The molecular formula is C21H19FN4O3. The van der Waals surface area contributed by atoms with Gasteiger partial charge in [-0.05, 0) is 43.4 Å². The van der Waals surface area contributed by atoms with E-state index in [1.54, 1.807) is 31.2 Å². The maximum absolute atomic E-state index is 13.7. The second-order valence-electron chi connectivity index (χ2n) is 7.45. The highest BCUT2D eigenvalue weighted by Crippen LogP contribution is 2.56. The topological polar surface area (TPSA) is 81.4 Å². The van der Waals surface area contributed by atoms with E-state index < -0.39 is 11.4 Å². The van der Waals surface area contributed by atoms with Gasteiger partial charge in [-0.2, -0.15) is 0 Å². The maximum Gasteiger partial charge on any atom is 0.256 e. The third-order valence-electron chi connectivity index (χ3n) is 5.91. The molecule has 1 saturated heterocycles. The molecular weight excluding hydrogens is 375 g/mol. The molecule has 1 aliphatic heterocycles. The van der Waals surface area contributed by atoms with E-state index in [0.717, 1.165) is 19.3 Å². The summed E-state index contributed by atoms with van der Waals surface area (Å²) >= 11 is 0. The van der Waals surface area contributed by atoms with E-state index in [4.69, 9.17) is 9.15 Å². The van der Waals surface area contributed by atoms with Crippen LogP contribution in [-0.2, 0) is 5.54 Å². The number of carbonyl (C=O) groups is 1. The van der Waals surface area contributed by atoms with Crippen LogP contribution in [0.4, 0.5) is 4.39 Å². The number of hydrogen-bond donors (Lipinski definition) is 0. The van der Waals surface area contributed by atoms with Crippen molar-refractivity contribution in [3.63, 3.8) is 0 Å². The number of rotatable bonds is 4. The van der Waals surface area contributed by atoms with Crippen LogP contribution in [0.15, 0.2) is 47.0 Å². The minimum Gasteiger partial charge on any atom is -0.436 e. The molecule has 0 spiro atoms. The number of para-hydroxylation sites is 1. The number of ether oxygens (including phenoxy) is 1. The summed E-state index contributed by atoms with van der Waals surface area (Å²) in [4.78, 5) is 19.3. The van der Waals surface area contributed by atoms with Crippen molar-refractivity contribution >= 4 is 5.91 Å². The van der Waals surface area contributed by atoms with Crippen molar-refractivity contribution in [2.24, 2.45) is 5.92 Å². The number of carbonyl (C=O) groups excluding carboxylic acids is 1. The largest absolute Gasteiger partial charge is 0.436 e. The van der Waals surface area contributed by atoms with Crippen molar-refractivity contribution in [3.8, 4) is 11.6 Å². The summed E-state index contributed by atoms with van der Waals surface area (Å²) in [5, 5.41) is 8.17. The average molecular weight is 394 g/mol. The lowest BCUT2D eigenvalue weighted by Crippen LogP contribution is -2.54. The van der Waals surface area contributed by atoms with Gasteiger partial charge in [-0.25, -0.2) is 9.37 Å². The van der Waals surface area contributed by atoms with Crippen LogP contribution in [0.5, 0.6) is 11.6 Å². The number of aryl methyl sites for hydroxylation is 1. The first-order valence-corrected chi connectivity index (χ1v) is 9.59. The second kappa shape index (κ2) is 6.65. The van der Waals surface area contributed by atoms with E-state index >= 15 is 0 Å². The maximum atomic E-state index is 13.7. The quantitative estimate of drug-likeness (QED) is 0.668. The Morgan fingerprint density at radius 3 is 2.76 bits per heavy atom. The Labute approximate surface area is 166 Å². The normalized spacial score (nSPS) is 22.8. The highest BCUT2D eigenvalue weighted by Gasteiger charge is 2.61. The molecule has 1 aliphatic carbocycles. The number of halogens is 1. The molecule has 0 N–H and O–H groups in total. The summed E-state index contributed by atoms with van der Waals surface area (Å²) < 4.78 is 24.9. The van der Waals surface area contributed by atoms with Crippen LogP contribution in [0.25, 0.3) is 0 Å². The summed E-state index contributed by atoms with van der Waals surface area (Å²) in [5.74, 6) is 1.05. The first-order chi connectivity index (χ1) is 14.1. The monoisotopic (exact) mass is 394 g/mol. The molecule has 5 rings (SSSR count). The van der Waals surface area contributed by atoms with Crippen molar-refractivity contribution < 1.29 is 18.3 Å². The van der Waals surface area contributed by atoms with Gasteiger partial charge in [0, 0.05) is 25.7 Å². The number of hydrogen-bond acceptors (Lipinski definition) is 6. The molecule has 0 radical (unpaired) electrons. The average Bonchev–Trinajstić information content (AvgIpc) is 3.24. The molecule has 2 atom stereocenters. The molecule has 2 aliphatic rings. The van der Waals surface area contributed by atoms with Gasteiger partial charge in [0.05, 0.1) is 5.56 Å². The van der Waals surface area contributed by atoms with Crippen LogP contribution in [0.1, 0.15) is 41.4 Å². The van der Waals surface area contributed by atoms with E-state index in [1.807, 2.05) is 4.90 Å². The molecule has 7 nitrogen and oxygen atoms in total. The van der Waals surface area contributed by atoms with Gasteiger partial charge >= 0.3 is 0 Å². The van der Waals surface area contributed by atoms with Gasteiger partial charge in [-0.15, -0.1) is 10.2 Å². The van der Waals surface area contributed by atoms with Crippen molar-refractivity contribution in [1.29, 1.82) is 0 Å². The molecule has 29 heavy (non-hydrogen) atoms. The molecule has 148 valence electrons. The highest BCUT2D eigenvalue weighted by molar-refractivity contribution is 5.95. The molecule has 8 heteroatoms. The van der Waals surface area contributed by atoms with Gasteiger partial charge in [0.15, 0.2) is 11.6 Å². The molecule has 1 amide bonds. The summed E-state index contributed by atoms with van der Waals surface area (Å²) in [5.41, 5.74) is -0.0743. The van der Waals surface area contributed by atoms with E-state index in [-0.39, 0.29) is 17.5 Å². The SMILES string of the molecule is Cc1nnc([C@]23CC[C@H]2CCN3C(=O)c2ccc(Oc3ccccc3F)nc2)o1. The smallest absolute Gasteiger partial charge is 0.256 e. The molecule has 0 bridgehead atoms. The fourth-order valence-electron chi connectivity index (χ4n) is 4.36. The molecule has 2 fully saturated rings. The van der Waals surface area contributed by atoms with Gasteiger partial charge in [0.25, 0.3) is 5.91 Å². The lowest BCUT2D eigenvalue weighted by atomic mass is 9.67. The Bertz CT molecular complexity index is 1070. The van der Waals surface area contributed by atoms with Crippen LogP contribution in [0, 0.1) is 18.7 Å². The Balaban J connectivity index is 1.38. The number of likely N-dealkylation sites (tertiary alicyclic amines) is 1. The predicted octanol–water partition coefficient (Wildman–Crippen LogP) is 3.86. The molecule has 2 aromatic heterocycles. The number of aromatic nitrogens is 3. The summed E-state index contributed by atoms with van der Waals surface area (Å²) in [7, 11) is 0. The number of fused-ring (bicyclic) bond motifs is 1. The van der Waals surface area contributed by atoms with Crippen molar-refractivity contribution in [1.82, 2.24) is 20.1 Å². The van der Waals surface area contributed by atoms with Crippen molar-refractivity contribution in [2.45, 2.75) is 31.7 Å². The lowest BCUT2D eigenvalue weighted by molar-refractivity contribution is -0.00346. The molecule has 3 aromatic rings. The Morgan fingerprint density at radius 1 is 1.24 bits per heavy atom. The Hall–Kier alpha value is -3.29. The summed E-state index contributed by atoms with van der Waals surface area (Å²) in [6.45, 7) is 2.39. The van der Waals surface area contributed by atoms with Crippen LogP contribution < -0.4 is 4.74 Å². The number of amides is 1. The van der Waals surface area contributed by atoms with Crippen LogP contribution in [0.3, 0.4) is 0 Å². The zero-order valence-corrected chi connectivity index (χ0v) is 15.8. The fourth-order valence-corrected chi connectivity index (χ4v) is 4.36. The van der Waals surface area contributed by atoms with Gasteiger partial charge in [0.1, 0.15) is 5.54 Å². The predicted molar refractivity (Wildman–Crippen MR) is 99.8 cm³/mol. The summed E-state index contributed by atoms with van der Waals surface area (Å²) in [6, 6.07) is 9.31. The lowest BCUT2D eigenvalue weighted by Gasteiger charge is -2.47. The van der Waals surface area contributed by atoms with Gasteiger partial charge in [-0.3, -0.25) is 4.79 Å². The van der Waals surface area contributed by atoms with E-state index in [9.17, 15) is 9.18 Å². The summed E-state index contributed by atoms with van der Waals surface area (Å²) in [6.07, 6.45) is 4.22. The Kier molecular flexibility index (Phi) is 4.08. The third-order valence-corrected chi connectivity index (χ3v) is 5.91. The number of nitrogens with zero attached hydrogens (tertiary/aromatic N) is 4.